The molecule has 0 heterocycles. The molecule has 0 N–H and O–H groups in total. The molecule has 2 aromatic rings. The highest BCUT2D eigenvalue weighted by Gasteiger charge is 2.16. The highest BCUT2D eigenvalue weighted by atomic mass is 19.2. The molecule has 0 aliphatic carbocycles. The first-order valence-electron chi connectivity index (χ1n) is 5.82. The van der Waals surface area contributed by atoms with E-state index < -0.39 is 29.7 Å². The SMILES string of the molecule is COc1ccc(C(=O)Cc2cccc(F)c2F)c(F)c1. The van der Waals surface area contributed by atoms with Crippen LogP contribution in [0.15, 0.2) is 36.4 Å². The van der Waals surface area contributed by atoms with Gasteiger partial charge in [0.15, 0.2) is 17.4 Å². The third-order valence-electron chi connectivity index (χ3n) is 2.86. The van der Waals surface area contributed by atoms with Crippen molar-refractivity contribution in [1.29, 1.82) is 0 Å². The Hall–Kier alpha value is -2.30. The molecule has 0 bridgehead atoms. The van der Waals surface area contributed by atoms with E-state index in [2.05, 4.69) is 0 Å². The van der Waals surface area contributed by atoms with Gasteiger partial charge in [-0.25, -0.2) is 13.2 Å². The molecule has 0 atom stereocenters. The lowest BCUT2D eigenvalue weighted by molar-refractivity contribution is 0.0988. The Morgan fingerprint density at radius 1 is 1.10 bits per heavy atom. The zero-order valence-corrected chi connectivity index (χ0v) is 10.6. The first-order valence-corrected chi connectivity index (χ1v) is 5.82. The average Bonchev–Trinajstić information content (AvgIpc) is 2.43. The van der Waals surface area contributed by atoms with Gasteiger partial charge in [0.05, 0.1) is 12.7 Å². The van der Waals surface area contributed by atoms with Crippen molar-refractivity contribution in [3.8, 4) is 5.75 Å². The number of methoxy groups -OCH3 is 1. The number of benzene rings is 2. The summed E-state index contributed by atoms with van der Waals surface area (Å²) in [5.41, 5.74) is -0.292. The summed E-state index contributed by atoms with van der Waals surface area (Å²) in [5, 5.41) is 0. The summed E-state index contributed by atoms with van der Waals surface area (Å²) in [6.45, 7) is 0. The summed E-state index contributed by atoms with van der Waals surface area (Å²) in [4.78, 5) is 11.9. The molecule has 2 rings (SSSR count). The molecule has 0 aliphatic heterocycles. The normalized spacial score (nSPS) is 10.4. The zero-order chi connectivity index (χ0) is 14.7. The third-order valence-corrected chi connectivity index (χ3v) is 2.86. The van der Waals surface area contributed by atoms with E-state index in [1.165, 1.54) is 31.4 Å². The number of Topliss-reactive ketones (excluding diaryl/α,β-unsaturated/α-hetero) is 1. The van der Waals surface area contributed by atoms with Crippen molar-refractivity contribution in [3.05, 3.63) is 65.0 Å². The third kappa shape index (κ3) is 2.82. The number of rotatable bonds is 4. The van der Waals surface area contributed by atoms with Gasteiger partial charge in [-0.05, 0) is 23.8 Å². The van der Waals surface area contributed by atoms with Gasteiger partial charge in [-0.1, -0.05) is 12.1 Å². The van der Waals surface area contributed by atoms with E-state index in [9.17, 15) is 18.0 Å². The Labute approximate surface area is 113 Å². The monoisotopic (exact) mass is 280 g/mol. The van der Waals surface area contributed by atoms with Crippen LogP contribution in [-0.4, -0.2) is 12.9 Å². The summed E-state index contributed by atoms with van der Waals surface area (Å²) in [5.74, 6) is -3.24. The van der Waals surface area contributed by atoms with Crippen LogP contribution in [-0.2, 0) is 6.42 Å². The van der Waals surface area contributed by atoms with Crippen LogP contribution in [0.1, 0.15) is 15.9 Å². The van der Waals surface area contributed by atoms with Gasteiger partial charge in [0.1, 0.15) is 11.6 Å². The smallest absolute Gasteiger partial charge is 0.170 e. The maximum Gasteiger partial charge on any atom is 0.170 e. The lowest BCUT2D eigenvalue weighted by atomic mass is 10.0. The number of carbonyl (C=O) groups is 1. The van der Waals surface area contributed by atoms with Gasteiger partial charge in [-0.3, -0.25) is 4.79 Å². The molecule has 0 aromatic heterocycles. The van der Waals surface area contributed by atoms with E-state index >= 15 is 0 Å². The van der Waals surface area contributed by atoms with Crippen LogP contribution in [0.2, 0.25) is 0 Å². The van der Waals surface area contributed by atoms with Crippen molar-refractivity contribution in [2.75, 3.05) is 7.11 Å². The van der Waals surface area contributed by atoms with Crippen LogP contribution in [0, 0.1) is 17.5 Å². The summed E-state index contributed by atoms with van der Waals surface area (Å²) in [6.07, 6.45) is -0.410. The van der Waals surface area contributed by atoms with Gasteiger partial charge in [0.2, 0.25) is 0 Å². The molecule has 104 valence electrons. The number of hydrogen-bond donors (Lipinski definition) is 0. The number of hydrogen-bond acceptors (Lipinski definition) is 2. The van der Waals surface area contributed by atoms with Crippen molar-refractivity contribution in [2.24, 2.45) is 0 Å². The van der Waals surface area contributed by atoms with Crippen molar-refractivity contribution in [2.45, 2.75) is 6.42 Å². The molecule has 2 aromatic carbocycles. The lowest BCUT2D eigenvalue weighted by Gasteiger charge is -2.06. The summed E-state index contributed by atoms with van der Waals surface area (Å²) >= 11 is 0. The molecule has 0 amide bonds. The molecule has 0 radical (unpaired) electrons. The first kappa shape index (κ1) is 14.1. The first-order chi connectivity index (χ1) is 9.52. The van der Waals surface area contributed by atoms with Gasteiger partial charge >= 0.3 is 0 Å². The van der Waals surface area contributed by atoms with Crippen molar-refractivity contribution in [1.82, 2.24) is 0 Å². The minimum Gasteiger partial charge on any atom is -0.497 e. The average molecular weight is 280 g/mol. The number of halogens is 3. The molecule has 0 saturated carbocycles. The zero-order valence-electron chi connectivity index (χ0n) is 10.6. The molecular formula is C15H11F3O2. The lowest BCUT2D eigenvalue weighted by Crippen LogP contribution is -2.08. The van der Waals surface area contributed by atoms with Gasteiger partial charge in [0.25, 0.3) is 0 Å². The summed E-state index contributed by atoms with van der Waals surface area (Å²) in [7, 11) is 1.37. The maximum absolute atomic E-state index is 13.7. The Morgan fingerprint density at radius 2 is 1.85 bits per heavy atom. The van der Waals surface area contributed by atoms with Crippen molar-refractivity contribution in [3.63, 3.8) is 0 Å². The molecule has 0 spiro atoms. The second-order valence-electron chi connectivity index (χ2n) is 4.16. The predicted molar refractivity (Wildman–Crippen MR) is 67.3 cm³/mol. The van der Waals surface area contributed by atoms with Gasteiger partial charge in [0, 0.05) is 12.5 Å². The Morgan fingerprint density at radius 3 is 2.50 bits per heavy atom. The Balaban J connectivity index is 2.26. The molecule has 20 heavy (non-hydrogen) atoms. The van der Waals surface area contributed by atoms with Crippen molar-refractivity contribution >= 4 is 5.78 Å². The largest absolute Gasteiger partial charge is 0.497 e. The van der Waals surface area contributed by atoms with E-state index in [-0.39, 0.29) is 16.9 Å². The molecular weight excluding hydrogens is 269 g/mol. The Bertz CT molecular complexity index is 654. The fourth-order valence-electron chi connectivity index (χ4n) is 1.80. The van der Waals surface area contributed by atoms with E-state index in [0.717, 1.165) is 12.1 Å². The van der Waals surface area contributed by atoms with Crippen LogP contribution < -0.4 is 4.74 Å². The molecule has 0 saturated heterocycles. The maximum atomic E-state index is 13.7. The second-order valence-corrected chi connectivity index (χ2v) is 4.16. The molecule has 5 heteroatoms. The number of carbonyl (C=O) groups excluding carboxylic acids is 1. The van der Waals surface area contributed by atoms with Crippen LogP contribution in [0.3, 0.4) is 0 Å². The summed E-state index contributed by atoms with van der Waals surface area (Å²) in [6, 6.07) is 7.29. The molecule has 0 aliphatic rings. The van der Waals surface area contributed by atoms with E-state index in [1.807, 2.05) is 0 Å². The molecule has 0 fully saturated rings. The van der Waals surface area contributed by atoms with Crippen LogP contribution in [0.25, 0.3) is 0 Å². The second kappa shape index (κ2) is 5.77. The molecule has 2 nitrogen and oxygen atoms in total. The van der Waals surface area contributed by atoms with Crippen molar-refractivity contribution < 1.29 is 22.7 Å². The van der Waals surface area contributed by atoms with E-state index in [1.54, 1.807) is 0 Å². The predicted octanol–water partition coefficient (Wildman–Crippen LogP) is 3.54. The summed E-state index contributed by atoms with van der Waals surface area (Å²) < 4.78 is 45.0. The number of ether oxygens (including phenoxy) is 1. The number of ketones is 1. The van der Waals surface area contributed by atoms with E-state index in [4.69, 9.17) is 4.74 Å². The van der Waals surface area contributed by atoms with Gasteiger partial charge in [-0.15, -0.1) is 0 Å². The van der Waals surface area contributed by atoms with Gasteiger partial charge < -0.3 is 4.74 Å². The van der Waals surface area contributed by atoms with Gasteiger partial charge in [-0.2, -0.15) is 0 Å². The standard InChI is InChI=1S/C15H11F3O2/c1-20-10-5-6-11(13(17)8-10)14(19)7-9-3-2-4-12(16)15(9)18/h2-6,8H,7H2,1H3. The topological polar surface area (TPSA) is 26.3 Å². The van der Waals surface area contributed by atoms with Crippen LogP contribution in [0.4, 0.5) is 13.2 Å². The minimum absolute atomic E-state index is 0.106. The highest BCUT2D eigenvalue weighted by Crippen LogP contribution is 2.19. The highest BCUT2D eigenvalue weighted by molar-refractivity contribution is 5.97. The van der Waals surface area contributed by atoms with E-state index in [0.29, 0.717) is 0 Å². The quantitative estimate of drug-likeness (QED) is 0.801. The molecule has 0 unspecified atom stereocenters. The fraction of sp³-hybridized carbons (Fsp3) is 0.133. The Kier molecular flexibility index (Phi) is 4.08. The fourth-order valence-corrected chi connectivity index (χ4v) is 1.80. The van der Waals surface area contributed by atoms with Crippen LogP contribution in [0.5, 0.6) is 5.75 Å². The van der Waals surface area contributed by atoms with Crippen LogP contribution >= 0.6 is 0 Å². The minimum atomic E-state index is -1.09.